The molecule has 2 aromatic carbocycles. The number of hydrogen-bond acceptors (Lipinski definition) is 2. The number of benzene rings is 2. The third kappa shape index (κ3) is 2.96. The molecule has 21 heavy (non-hydrogen) atoms. The van der Waals surface area contributed by atoms with Gasteiger partial charge in [0.2, 0.25) is 0 Å². The van der Waals surface area contributed by atoms with Gasteiger partial charge in [0, 0.05) is 18.8 Å². The van der Waals surface area contributed by atoms with E-state index in [0.717, 1.165) is 19.6 Å². The van der Waals surface area contributed by atoms with Crippen molar-refractivity contribution in [2.45, 2.75) is 26.3 Å². The molecule has 1 aliphatic rings. The first kappa shape index (κ1) is 14.2. The summed E-state index contributed by atoms with van der Waals surface area (Å²) in [5, 5.41) is 3.66. The van der Waals surface area contributed by atoms with Crippen LogP contribution in [0.3, 0.4) is 0 Å². The van der Waals surface area contributed by atoms with Gasteiger partial charge in [0.25, 0.3) is 0 Å². The summed E-state index contributed by atoms with van der Waals surface area (Å²) in [7, 11) is 0. The zero-order valence-corrected chi connectivity index (χ0v) is 13.0. The van der Waals surface area contributed by atoms with E-state index < -0.39 is 0 Å². The first-order valence-corrected chi connectivity index (χ1v) is 7.91. The van der Waals surface area contributed by atoms with Crippen molar-refractivity contribution in [2.75, 3.05) is 24.5 Å². The summed E-state index contributed by atoms with van der Waals surface area (Å²) < 4.78 is 0. The van der Waals surface area contributed by atoms with Crippen LogP contribution in [0.2, 0.25) is 0 Å². The van der Waals surface area contributed by atoms with Gasteiger partial charge < -0.3 is 10.2 Å². The lowest BCUT2D eigenvalue weighted by Gasteiger charge is -2.28. The number of nitrogens with zero attached hydrogens (tertiary/aromatic N) is 1. The Morgan fingerprint density at radius 3 is 2.67 bits per heavy atom. The molecule has 0 aromatic heterocycles. The highest BCUT2D eigenvalue weighted by molar-refractivity contribution is 5.58. The van der Waals surface area contributed by atoms with Crippen LogP contribution in [0.5, 0.6) is 0 Å². The normalized spacial score (nSPS) is 15.0. The molecule has 3 rings (SSSR count). The van der Waals surface area contributed by atoms with Crippen molar-refractivity contribution in [3.8, 4) is 0 Å². The van der Waals surface area contributed by atoms with Crippen molar-refractivity contribution >= 4 is 5.69 Å². The molecular weight excluding hydrogens is 256 g/mol. The van der Waals surface area contributed by atoms with Crippen LogP contribution < -0.4 is 10.2 Å². The van der Waals surface area contributed by atoms with Crippen molar-refractivity contribution in [2.24, 2.45) is 0 Å². The Balaban J connectivity index is 1.82. The van der Waals surface area contributed by atoms with E-state index in [-0.39, 0.29) is 0 Å². The molecule has 1 N–H and O–H groups in total. The van der Waals surface area contributed by atoms with Gasteiger partial charge in [-0.15, -0.1) is 0 Å². The van der Waals surface area contributed by atoms with Crippen molar-refractivity contribution in [1.29, 1.82) is 0 Å². The molecule has 110 valence electrons. The van der Waals surface area contributed by atoms with E-state index in [1.54, 1.807) is 0 Å². The van der Waals surface area contributed by atoms with E-state index in [9.17, 15) is 0 Å². The quantitative estimate of drug-likeness (QED) is 0.898. The van der Waals surface area contributed by atoms with Gasteiger partial charge in [0.15, 0.2) is 0 Å². The minimum Gasteiger partial charge on any atom is -0.369 e. The summed E-state index contributed by atoms with van der Waals surface area (Å²) in [6.07, 6.45) is 1.17. The van der Waals surface area contributed by atoms with Gasteiger partial charge in [-0.3, -0.25) is 0 Å². The fraction of sp³-hybridized carbons (Fsp3) is 0.368. The number of fused-ring (bicyclic) bond motifs is 1. The Kier molecular flexibility index (Phi) is 4.26. The number of para-hydroxylation sites is 1. The second kappa shape index (κ2) is 6.31. The highest BCUT2D eigenvalue weighted by Gasteiger charge is 2.22. The molecule has 0 fully saturated rings. The molecule has 1 atom stereocenters. The third-order valence-corrected chi connectivity index (χ3v) is 4.40. The Morgan fingerprint density at radius 1 is 1.10 bits per heavy atom. The van der Waals surface area contributed by atoms with E-state index in [1.807, 2.05) is 0 Å². The third-order valence-electron chi connectivity index (χ3n) is 4.40. The van der Waals surface area contributed by atoms with Crippen LogP contribution in [-0.2, 0) is 6.42 Å². The maximum absolute atomic E-state index is 3.66. The van der Waals surface area contributed by atoms with Gasteiger partial charge in [-0.25, -0.2) is 0 Å². The molecule has 0 radical (unpaired) electrons. The van der Waals surface area contributed by atoms with Crippen molar-refractivity contribution in [3.63, 3.8) is 0 Å². The first-order valence-electron chi connectivity index (χ1n) is 7.91. The van der Waals surface area contributed by atoms with Crippen LogP contribution in [0.4, 0.5) is 5.69 Å². The molecular formula is C19H24N2. The highest BCUT2D eigenvalue weighted by Crippen LogP contribution is 2.29. The fourth-order valence-electron chi connectivity index (χ4n) is 3.31. The lowest BCUT2D eigenvalue weighted by molar-refractivity contribution is 0.540. The van der Waals surface area contributed by atoms with Gasteiger partial charge in [-0.1, -0.05) is 49.4 Å². The average molecular weight is 280 g/mol. The van der Waals surface area contributed by atoms with Crippen LogP contribution in [0.25, 0.3) is 0 Å². The number of anilines is 1. The molecule has 2 aromatic rings. The van der Waals surface area contributed by atoms with Gasteiger partial charge in [0.05, 0.1) is 6.04 Å². The molecule has 0 aliphatic carbocycles. The van der Waals surface area contributed by atoms with Crippen molar-refractivity contribution in [1.82, 2.24) is 5.32 Å². The average Bonchev–Trinajstić information content (AvgIpc) is 2.91. The predicted octanol–water partition coefficient (Wildman–Crippen LogP) is 3.71. The molecule has 1 unspecified atom stereocenters. The Morgan fingerprint density at radius 2 is 1.86 bits per heavy atom. The summed E-state index contributed by atoms with van der Waals surface area (Å²) in [5.74, 6) is 0. The van der Waals surface area contributed by atoms with Crippen LogP contribution in [-0.4, -0.2) is 19.6 Å². The summed E-state index contributed by atoms with van der Waals surface area (Å²) in [4.78, 5) is 2.52. The molecule has 2 heteroatoms. The second-order valence-electron chi connectivity index (χ2n) is 5.79. The molecule has 1 aliphatic heterocycles. The second-order valence-corrected chi connectivity index (χ2v) is 5.79. The molecule has 0 saturated heterocycles. The first-order chi connectivity index (χ1) is 10.3. The number of likely N-dealkylation sites (N-methyl/N-ethyl adjacent to an activating group) is 1. The zero-order valence-electron chi connectivity index (χ0n) is 13.0. The van der Waals surface area contributed by atoms with E-state index in [0.29, 0.717) is 6.04 Å². The number of aryl methyl sites for hydroxylation is 1. The van der Waals surface area contributed by atoms with Crippen LogP contribution in [0, 0.1) is 6.92 Å². The number of nitrogens with one attached hydrogen (secondary N) is 1. The van der Waals surface area contributed by atoms with Gasteiger partial charge in [0.1, 0.15) is 0 Å². The maximum atomic E-state index is 3.66. The van der Waals surface area contributed by atoms with Crippen molar-refractivity contribution in [3.05, 3.63) is 65.2 Å². The number of hydrogen-bond donors (Lipinski definition) is 1. The minimum atomic E-state index is 0.391. The molecule has 0 spiro atoms. The summed E-state index contributed by atoms with van der Waals surface area (Å²) >= 11 is 0. The lowest BCUT2D eigenvalue weighted by atomic mass is 10.0. The molecule has 0 amide bonds. The van der Waals surface area contributed by atoms with Crippen LogP contribution in [0.1, 0.15) is 29.7 Å². The largest absolute Gasteiger partial charge is 0.369 e. The summed E-state index contributed by atoms with van der Waals surface area (Å²) in [6.45, 7) is 7.55. The summed E-state index contributed by atoms with van der Waals surface area (Å²) in [5.41, 5.74) is 5.69. The predicted molar refractivity (Wildman–Crippen MR) is 90.0 cm³/mol. The molecule has 0 saturated carbocycles. The molecule has 1 heterocycles. The van der Waals surface area contributed by atoms with E-state index in [2.05, 4.69) is 72.6 Å². The Hall–Kier alpha value is -1.80. The highest BCUT2D eigenvalue weighted by atomic mass is 15.2. The topological polar surface area (TPSA) is 15.3 Å². The van der Waals surface area contributed by atoms with Crippen molar-refractivity contribution < 1.29 is 0 Å². The van der Waals surface area contributed by atoms with Gasteiger partial charge >= 0.3 is 0 Å². The minimum absolute atomic E-state index is 0.391. The lowest BCUT2D eigenvalue weighted by Crippen LogP contribution is -2.34. The standard InChI is InChI=1S/C19H24N2/c1-3-20-18(17-10-6-4-8-15(17)2)14-21-13-12-16-9-5-7-11-19(16)21/h4-11,18,20H,3,12-14H2,1-2H3. The van der Waals surface area contributed by atoms with E-state index in [4.69, 9.17) is 0 Å². The smallest absolute Gasteiger partial charge is 0.0500 e. The Labute approximate surface area is 127 Å². The Bertz CT molecular complexity index is 606. The SMILES string of the molecule is CCNC(CN1CCc2ccccc21)c1ccccc1C. The van der Waals surface area contributed by atoms with Gasteiger partial charge in [-0.2, -0.15) is 0 Å². The van der Waals surface area contributed by atoms with E-state index >= 15 is 0 Å². The molecule has 0 bridgehead atoms. The zero-order chi connectivity index (χ0) is 14.7. The monoisotopic (exact) mass is 280 g/mol. The van der Waals surface area contributed by atoms with Crippen LogP contribution in [0.15, 0.2) is 48.5 Å². The molecule has 2 nitrogen and oxygen atoms in total. The fourth-order valence-corrected chi connectivity index (χ4v) is 3.31. The summed E-state index contributed by atoms with van der Waals surface area (Å²) in [6, 6.07) is 17.9. The van der Waals surface area contributed by atoms with Crippen LogP contribution >= 0.6 is 0 Å². The maximum Gasteiger partial charge on any atom is 0.0500 e. The van der Waals surface area contributed by atoms with E-state index in [1.165, 1.54) is 28.8 Å². The van der Waals surface area contributed by atoms with Gasteiger partial charge in [-0.05, 0) is 42.6 Å². The number of rotatable bonds is 5.